The van der Waals surface area contributed by atoms with Crippen molar-refractivity contribution in [2.24, 2.45) is 11.3 Å². The third-order valence-corrected chi connectivity index (χ3v) is 5.39. The van der Waals surface area contributed by atoms with Gasteiger partial charge in [-0.05, 0) is 48.0 Å². The summed E-state index contributed by atoms with van der Waals surface area (Å²) in [6.45, 7) is 4.68. The molecule has 0 saturated heterocycles. The highest BCUT2D eigenvalue weighted by Gasteiger charge is 2.26. The Kier molecular flexibility index (Phi) is 4.71. The van der Waals surface area contributed by atoms with Gasteiger partial charge in [-0.15, -0.1) is 11.8 Å². The third kappa shape index (κ3) is 4.40. The van der Waals surface area contributed by atoms with Gasteiger partial charge in [-0.1, -0.05) is 45.3 Å². The fourth-order valence-corrected chi connectivity index (χ4v) is 5.07. The maximum absolute atomic E-state index is 5.41. The Morgan fingerprint density at radius 3 is 2.59 bits per heavy atom. The summed E-state index contributed by atoms with van der Waals surface area (Å²) in [5.41, 5.74) is 0.390. The molecule has 0 heterocycles. The lowest BCUT2D eigenvalue weighted by Crippen LogP contribution is -2.20. The molecule has 0 aromatic carbocycles. The molecule has 17 heavy (non-hydrogen) atoms. The van der Waals surface area contributed by atoms with E-state index in [-0.39, 0.29) is 0 Å². The van der Waals surface area contributed by atoms with Crippen LogP contribution in [0.15, 0.2) is 11.0 Å². The standard InChI is InChI=1S/C15H24S2/c1-15(2)9-13(16)8-14(10-15)17-11-12-6-4-3-5-7-12/h8,12H,3-7,9-11H2,1-2H3. The van der Waals surface area contributed by atoms with Gasteiger partial charge in [0.25, 0.3) is 0 Å². The molecule has 0 aromatic rings. The van der Waals surface area contributed by atoms with Gasteiger partial charge < -0.3 is 0 Å². The molecule has 0 amide bonds. The minimum absolute atomic E-state index is 0.390. The highest BCUT2D eigenvalue weighted by atomic mass is 32.2. The molecule has 0 aliphatic heterocycles. The maximum Gasteiger partial charge on any atom is 0.0165 e. The zero-order valence-corrected chi connectivity index (χ0v) is 12.8. The van der Waals surface area contributed by atoms with Gasteiger partial charge in [0.1, 0.15) is 0 Å². The third-order valence-electron chi connectivity index (χ3n) is 3.86. The van der Waals surface area contributed by atoms with E-state index in [0.717, 1.165) is 17.2 Å². The smallest absolute Gasteiger partial charge is 0.0165 e. The molecule has 0 aromatic heterocycles. The number of allylic oxidation sites excluding steroid dienone is 2. The molecule has 0 atom stereocenters. The van der Waals surface area contributed by atoms with Gasteiger partial charge in [-0.2, -0.15) is 0 Å². The highest BCUT2D eigenvalue weighted by molar-refractivity contribution is 8.03. The van der Waals surface area contributed by atoms with Crippen molar-refractivity contribution in [1.82, 2.24) is 0 Å². The Morgan fingerprint density at radius 1 is 1.24 bits per heavy atom. The SMILES string of the molecule is CC1(C)CC(=S)C=C(SCC2CCCCC2)C1. The topological polar surface area (TPSA) is 0 Å². The van der Waals surface area contributed by atoms with Gasteiger partial charge in [-0.25, -0.2) is 0 Å². The Morgan fingerprint density at radius 2 is 1.94 bits per heavy atom. The zero-order chi connectivity index (χ0) is 12.3. The molecule has 96 valence electrons. The first-order valence-corrected chi connectivity index (χ1v) is 8.31. The van der Waals surface area contributed by atoms with E-state index in [0.29, 0.717) is 5.41 Å². The number of thioether (sulfide) groups is 1. The first-order valence-electron chi connectivity index (χ1n) is 6.91. The van der Waals surface area contributed by atoms with Crippen LogP contribution in [0.1, 0.15) is 58.8 Å². The minimum atomic E-state index is 0.390. The summed E-state index contributed by atoms with van der Waals surface area (Å²) in [7, 11) is 0. The average molecular weight is 268 g/mol. The van der Waals surface area contributed by atoms with E-state index in [1.54, 1.807) is 0 Å². The van der Waals surface area contributed by atoms with Crippen LogP contribution in [0, 0.1) is 11.3 Å². The fraction of sp³-hybridized carbons (Fsp3) is 0.800. The molecule has 0 unspecified atom stereocenters. The molecule has 2 rings (SSSR count). The van der Waals surface area contributed by atoms with Gasteiger partial charge >= 0.3 is 0 Å². The first kappa shape index (κ1) is 13.6. The molecule has 2 heteroatoms. The number of thiocarbonyl (C=S) groups is 1. The van der Waals surface area contributed by atoms with Crippen molar-refractivity contribution in [2.45, 2.75) is 58.8 Å². The molecule has 1 fully saturated rings. The molecule has 2 aliphatic carbocycles. The predicted molar refractivity (Wildman–Crippen MR) is 82.7 cm³/mol. The van der Waals surface area contributed by atoms with Gasteiger partial charge in [0.05, 0.1) is 0 Å². The molecular formula is C15H24S2. The van der Waals surface area contributed by atoms with Gasteiger partial charge in [-0.3, -0.25) is 0 Å². The molecule has 0 bridgehead atoms. The molecule has 0 spiro atoms. The Balaban J connectivity index is 1.84. The van der Waals surface area contributed by atoms with Crippen molar-refractivity contribution in [3.8, 4) is 0 Å². The van der Waals surface area contributed by atoms with Crippen LogP contribution in [-0.2, 0) is 0 Å². The second-order valence-electron chi connectivity index (χ2n) is 6.41. The van der Waals surface area contributed by atoms with Crippen molar-refractivity contribution in [2.75, 3.05) is 5.75 Å². The summed E-state index contributed by atoms with van der Waals surface area (Å²) in [4.78, 5) is 2.70. The van der Waals surface area contributed by atoms with E-state index in [9.17, 15) is 0 Å². The lowest BCUT2D eigenvalue weighted by molar-refractivity contribution is 0.381. The second kappa shape index (κ2) is 5.88. The van der Waals surface area contributed by atoms with Crippen LogP contribution in [0.5, 0.6) is 0 Å². The predicted octanol–water partition coefficient (Wildman–Crippen LogP) is 5.37. The van der Waals surface area contributed by atoms with Gasteiger partial charge in [0.15, 0.2) is 0 Å². The lowest BCUT2D eigenvalue weighted by Gasteiger charge is -2.30. The van der Waals surface area contributed by atoms with Crippen molar-refractivity contribution >= 4 is 28.8 Å². The van der Waals surface area contributed by atoms with Gasteiger partial charge in [0.2, 0.25) is 0 Å². The minimum Gasteiger partial charge on any atom is -0.130 e. The summed E-state index contributed by atoms with van der Waals surface area (Å²) in [6.07, 6.45) is 11.9. The van der Waals surface area contributed by atoms with Crippen LogP contribution in [0.25, 0.3) is 0 Å². The van der Waals surface area contributed by atoms with E-state index in [1.165, 1.54) is 49.2 Å². The van der Waals surface area contributed by atoms with Crippen LogP contribution in [-0.4, -0.2) is 10.6 Å². The van der Waals surface area contributed by atoms with Crippen LogP contribution < -0.4 is 0 Å². The van der Waals surface area contributed by atoms with E-state index in [2.05, 4.69) is 31.7 Å². The lowest BCUT2D eigenvalue weighted by atomic mass is 9.81. The summed E-state index contributed by atoms with van der Waals surface area (Å²) in [5, 5.41) is 0. The van der Waals surface area contributed by atoms with Crippen LogP contribution in [0.3, 0.4) is 0 Å². The number of hydrogen-bond donors (Lipinski definition) is 0. The van der Waals surface area contributed by atoms with Crippen molar-refractivity contribution in [3.05, 3.63) is 11.0 Å². The Labute approximate surface area is 116 Å². The Hall–Kier alpha value is 0.180. The number of rotatable bonds is 3. The van der Waals surface area contributed by atoms with E-state index in [1.807, 2.05) is 0 Å². The van der Waals surface area contributed by atoms with Crippen molar-refractivity contribution in [3.63, 3.8) is 0 Å². The summed E-state index contributed by atoms with van der Waals surface area (Å²) < 4.78 is 0. The molecule has 0 N–H and O–H groups in total. The van der Waals surface area contributed by atoms with E-state index >= 15 is 0 Å². The van der Waals surface area contributed by atoms with Crippen molar-refractivity contribution < 1.29 is 0 Å². The highest BCUT2D eigenvalue weighted by Crippen LogP contribution is 2.40. The van der Waals surface area contributed by atoms with Crippen molar-refractivity contribution in [1.29, 1.82) is 0 Å². The molecule has 1 saturated carbocycles. The van der Waals surface area contributed by atoms with Crippen LogP contribution in [0.4, 0.5) is 0 Å². The van der Waals surface area contributed by atoms with Gasteiger partial charge in [0, 0.05) is 10.6 Å². The molecular weight excluding hydrogens is 244 g/mol. The first-order chi connectivity index (χ1) is 8.05. The maximum atomic E-state index is 5.41. The monoisotopic (exact) mass is 268 g/mol. The van der Waals surface area contributed by atoms with E-state index in [4.69, 9.17) is 12.2 Å². The quantitative estimate of drug-likeness (QED) is 0.631. The Bertz CT molecular complexity index is 309. The number of hydrogen-bond acceptors (Lipinski definition) is 2. The summed E-state index contributed by atoms with van der Waals surface area (Å²) >= 11 is 7.50. The molecule has 0 nitrogen and oxygen atoms in total. The molecule has 2 aliphatic rings. The summed E-state index contributed by atoms with van der Waals surface area (Å²) in [6, 6.07) is 0. The van der Waals surface area contributed by atoms with Crippen LogP contribution >= 0.6 is 24.0 Å². The zero-order valence-electron chi connectivity index (χ0n) is 11.1. The fourth-order valence-electron chi connectivity index (χ4n) is 2.96. The molecule has 0 radical (unpaired) electrons. The van der Waals surface area contributed by atoms with Crippen LogP contribution in [0.2, 0.25) is 0 Å². The van der Waals surface area contributed by atoms with E-state index < -0.39 is 0 Å². The largest absolute Gasteiger partial charge is 0.130 e. The average Bonchev–Trinajstić information content (AvgIpc) is 2.25. The second-order valence-corrected chi connectivity index (χ2v) is 8.08. The normalized spacial score (nSPS) is 25.8. The summed E-state index contributed by atoms with van der Waals surface area (Å²) in [5.74, 6) is 2.29.